The Morgan fingerprint density at radius 3 is 2.73 bits per heavy atom. The molecule has 3 aromatic rings. The number of nitrogens with one attached hydrogen (secondary N) is 1. The number of rotatable bonds is 6. The Balaban J connectivity index is 1.38. The third-order valence-electron chi connectivity index (χ3n) is 5.03. The van der Waals surface area contributed by atoms with Crippen LogP contribution < -0.4 is 4.72 Å². The van der Waals surface area contributed by atoms with Crippen LogP contribution in [0.15, 0.2) is 53.7 Å². The van der Waals surface area contributed by atoms with Crippen molar-refractivity contribution in [1.82, 2.24) is 14.3 Å². The first-order chi connectivity index (χ1) is 12.6. The standard InChI is InChI=1S/C20H23N3O2S/c24-26(25,18-11-10-16-6-1-2-7-17(16)14-18)22-12-5-13-23-15-21-19-8-3-4-9-20(19)23/h3-4,8-11,14-15,22H,1-2,5-7,12-13H2. The van der Waals surface area contributed by atoms with Crippen molar-refractivity contribution in [3.8, 4) is 0 Å². The number of hydrogen-bond acceptors (Lipinski definition) is 3. The fourth-order valence-corrected chi connectivity index (χ4v) is 4.73. The van der Waals surface area contributed by atoms with Crippen LogP contribution in [0.4, 0.5) is 0 Å². The van der Waals surface area contributed by atoms with Gasteiger partial charge < -0.3 is 4.57 Å². The van der Waals surface area contributed by atoms with Crippen LogP contribution in [0.1, 0.15) is 30.4 Å². The molecule has 0 aliphatic heterocycles. The Kier molecular flexibility index (Phi) is 4.78. The summed E-state index contributed by atoms with van der Waals surface area (Å²) in [7, 11) is -3.45. The van der Waals surface area contributed by atoms with Crippen molar-refractivity contribution in [2.24, 2.45) is 0 Å². The van der Waals surface area contributed by atoms with Crippen LogP contribution in [0.3, 0.4) is 0 Å². The number of benzene rings is 2. The Hall–Kier alpha value is -2.18. The van der Waals surface area contributed by atoms with E-state index in [4.69, 9.17) is 0 Å². The minimum Gasteiger partial charge on any atom is -0.331 e. The predicted octanol–water partition coefficient (Wildman–Crippen LogP) is 3.28. The highest BCUT2D eigenvalue weighted by atomic mass is 32.2. The zero-order chi connectivity index (χ0) is 18.0. The van der Waals surface area contributed by atoms with Crippen molar-refractivity contribution in [1.29, 1.82) is 0 Å². The maximum Gasteiger partial charge on any atom is 0.240 e. The number of imidazole rings is 1. The van der Waals surface area contributed by atoms with Gasteiger partial charge in [0.15, 0.2) is 0 Å². The molecular weight excluding hydrogens is 346 g/mol. The molecule has 0 atom stereocenters. The number of nitrogens with zero attached hydrogens (tertiary/aromatic N) is 2. The maximum atomic E-state index is 12.6. The quantitative estimate of drug-likeness (QED) is 0.678. The average molecular weight is 369 g/mol. The SMILES string of the molecule is O=S(=O)(NCCCn1cnc2ccccc21)c1ccc2c(c1)CCCC2. The van der Waals surface area contributed by atoms with Crippen molar-refractivity contribution >= 4 is 21.1 Å². The third-order valence-corrected chi connectivity index (χ3v) is 6.48. The van der Waals surface area contributed by atoms with Crippen LogP contribution in [0.25, 0.3) is 11.0 Å². The van der Waals surface area contributed by atoms with Gasteiger partial charge in [-0.15, -0.1) is 0 Å². The summed E-state index contributed by atoms with van der Waals surface area (Å²) in [5, 5.41) is 0. The summed E-state index contributed by atoms with van der Waals surface area (Å²) in [5.41, 5.74) is 4.51. The van der Waals surface area contributed by atoms with Gasteiger partial charge in [-0.1, -0.05) is 18.2 Å². The lowest BCUT2D eigenvalue weighted by atomic mass is 9.92. The lowest BCUT2D eigenvalue weighted by Gasteiger charge is -2.16. The highest BCUT2D eigenvalue weighted by Crippen LogP contribution is 2.24. The Morgan fingerprint density at radius 1 is 1.04 bits per heavy atom. The minimum absolute atomic E-state index is 0.381. The highest BCUT2D eigenvalue weighted by molar-refractivity contribution is 7.89. The molecule has 1 aromatic heterocycles. The molecule has 0 saturated carbocycles. The summed E-state index contributed by atoms with van der Waals surface area (Å²) in [6.07, 6.45) is 6.89. The monoisotopic (exact) mass is 369 g/mol. The molecule has 1 heterocycles. The summed E-state index contributed by atoms with van der Waals surface area (Å²) < 4.78 is 29.9. The van der Waals surface area contributed by atoms with E-state index in [2.05, 4.69) is 14.3 Å². The molecule has 1 aliphatic rings. The van der Waals surface area contributed by atoms with Gasteiger partial charge in [0.2, 0.25) is 10.0 Å². The van der Waals surface area contributed by atoms with E-state index in [-0.39, 0.29) is 0 Å². The van der Waals surface area contributed by atoms with Crippen LogP contribution in [0, 0.1) is 0 Å². The number of fused-ring (bicyclic) bond motifs is 2. The number of aryl methyl sites for hydroxylation is 3. The van der Waals surface area contributed by atoms with Crippen molar-refractivity contribution in [3.05, 3.63) is 59.9 Å². The normalized spacial score (nSPS) is 14.5. The summed E-state index contributed by atoms with van der Waals surface area (Å²) in [6, 6.07) is 13.5. The topological polar surface area (TPSA) is 64.0 Å². The summed E-state index contributed by atoms with van der Waals surface area (Å²) >= 11 is 0. The third kappa shape index (κ3) is 3.52. The second kappa shape index (κ2) is 7.21. The fourth-order valence-electron chi connectivity index (χ4n) is 3.60. The van der Waals surface area contributed by atoms with E-state index < -0.39 is 10.0 Å². The van der Waals surface area contributed by atoms with Gasteiger partial charge in [0, 0.05) is 13.1 Å². The summed E-state index contributed by atoms with van der Waals surface area (Å²) in [4.78, 5) is 4.74. The summed E-state index contributed by atoms with van der Waals surface area (Å²) in [6.45, 7) is 1.14. The largest absolute Gasteiger partial charge is 0.331 e. The molecule has 136 valence electrons. The molecular formula is C20H23N3O2S. The number of aromatic nitrogens is 2. The van der Waals surface area contributed by atoms with Gasteiger partial charge in [0.25, 0.3) is 0 Å². The number of hydrogen-bond donors (Lipinski definition) is 1. The van der Waals surface area contributed by atoms with Gasteiger partial charge in [-0.2, -0.15) is 0 Å². The average Bonchev–Trinajstić information content (AvgIpc) is 3.08. The van der Waals surface area contributed by atoms with E-state index in [0.717, 1.165) is 36.8 Å². The molecule has 1 N–H and O–H groups in total. The molecule has 5 nitrogen and oxygen atoms in total. The van der Waals surface area contributed by atoms with Crippen LogP contribution in [-0.2, 0) is 29.4 Å². The molecule has 0 bridgehead atoms. The van der Waals surface area contributed by atoms with E-state index in [1.54, 1.807) is 6.07 Å². The van der Waals surface area contributed by atoms with Gasteiger partial charge in [0.1, 0.15) is 0 Å². The van der Waals surface area contributed by atoms with Crippen molar-refractivity contribution in [2.45, 2.75) is 43.5 Å². The zero-order valence-corrected chi connectivity index (χ0v) is 15.5. The maximum absolute atomic E-state index is 12.6. The molecule has 0 unspecified atom stereocenters. The van der Waals surface area contributed by atoms with Crippen LogP contribution in [0.2, 0.25) is 0 Å². The van der Waals surface area contributed by atoms with E-state index in [9.17, 15) is 8.42 Å². The molecule has 1 aliphatic carbocycles. The second-order valence-corrected chi connectivity index (χ2v) is 8.58. The molecule has 0 radical (unpaired) electrons. The smallest absolute Gasteiger partial charge is 0.240 e. The first-order valence-electron chi connectivity index (χ1n) is 9.15. The lowest BCUT2D eigenvalue weighted by molar-refractivity contribution is 0.571. The molecule has 2 aromatic carbocycles. The lowest BCUT2D eigenvalue weighted by Crippen LogP contribution is -2.26. The molecule has 26 heavy (non-hydrogen) atoms. The molecule has 4 rings (SSSR count). The number of para-hydroxylation sites is 2. The first-order valence-corrected chi connectivity index (χ1v) is 10.6. The van der Waals surface area contributed by atoms with E-state index in [1.165, 1.54) is 17.5 Å². The first kappa shape index (κ1) is 17.2. The zero-order valence-electron chi connectivity index (χ0n) is 14.7. The predicted molar refractivity (Wildman–Crippen MR) is 103 cm³/mol. The van der Waals surface area contributed by atoms with Crippen molar-refractivity contribution in [3.63, 3.8) is 0 Å². The van der Waals surface area contributed by atoms with Gasteiger partial charge >= 0.3 is 0 Å². The van der Waals surface area contributed by atoms with E-state index in [0.29, 0.717) is 17.9 Å². The van der Waals surface area contributed by atoms with Gasteiger partial charge in [0.05, 0.1) is 22.3 Å². The van der Waals surface area contributed by atoms with E-state index >= 15 is 0 Å². The Bertz CT molecular complexity index is 1020. The van der Waals surface area contributed by atoms with Crippen LogP contribution in [0.5, 0.6) is 0 Å². The van der Waals surface area contributed by atoms with Crippen LogP contribution >= 0.6 is 0 Å². The Labute approximate surface area is 154 Å². The van der Waals surface area contributed by atoms with Gasteiger partial charge in [-0.25, -0.2) is 18.1 Å². The van der Waals surface area contributed by atoms with Gasteiger partial charge in [-0.3, -0.25) is 0 Å². The molecule has 0 fully saturated rings. The fraction of sp³-hybridized carbons (Fsp3) is 0.350. The van der Waals surface area contributed by atoms with Gasteiger partial charge in [-0.05, 0) is 67.5 Å². The minimum atomic E-state index is -3.45. The van der Waals surface area contributed by atoms with Crippen LogP contribution in [-0.4, -0.2) is 24.5 Å². The van der Waals surface area contributed by atoms with Crippen molar-refractivity contribution < 1.29 is 8.42 Å². The molecule has 6 heteroatoms. The highest BCUT2D eigenvalue weighted by Gasteiger charge is 2.17. The van der Waals surface area contributed by atoms with E-state index in [1.807, 2.05) is 42.7 Å². The second-order valence-electron chi connectivity index (χ2n) is 6.82. The Morgan fingerprint density at radius 2 is 1.85 bits per heavy atom. The van der Waals surface area contributed by atoms with Crippen molar-refractivity contribution in [2.75, 3.05) is 6.54 Å². The number of sulfonamides is 1. The summed E-state index contributed by atoms with van der Waals surface area (Å²) in [5.74, 6) is 0. The molecule has 0 spiro atoms. The molecule has 0 saturated heterocycles. The molecule has 0 amide bonds.